The number of methoxy groups -OCH3 is 1. The maximum Gasteiger partial charge on any atom is 0.0710 e. The van der Waals surface area contributed by atoms with Crippen molar-refractivity contribution < 1.29 is 4.74 Å². The van der Waals surface area contributed by atoms with E-state index in [2.05, 4.69) is 31.0 Å². The van der Waals surface area contributed by atoms with Crippen molar-refractivity contribution in [2.45, 2.75) is 45.3 Å². The van der Waals surface area contributed by atoms with E-state index in [1.165, 1.54) is 19.4 Å². The Hall–Kier alpha value is -0.120. The van der Waals surface area contributed by atoms with Gasteiger partial charge >= 0.3 is 0 Å². The molecule has 1 fully saturated rings. The number of nitrogens with zero attached hydrogens (tertiary/aromatic N) is 1. The zero-order chi connectivity index (χ0) is 11.3. The first-order chi connectivity index (χ1) is 7.07. The van der Waals surface area contributed by atoms with Gasteiger partial charge < -0.3 is 10.1 Å². The molecule has 15 heavy (non-hydrogen) atoms. The molecule has 1 atom stereocenters. The van der Waals surface area contributed by atoms with Crippen LogP contribution in [0.15, 0.2) is 0 Å². The molecule has 0 aromatic rings. The van der Waals surface area contributed by atoms with Crippen LogP contribution >= 0.6 is 0 Å². The Bertz CT molecular complexity index is 182. The SMILES string of the molecule is CCC(C)(C)NCCN1CCC(OC)C1. The molecule has 3 heteroatoms. The number of nitrogens with one attached hydrogen (secondary N) is 1. The molecule has 0 bridgehead atoms. The van der Waals surface area contributed by atoms with Crippen LogP contribution in [0, 0.1) is 0 Å². The number of likely N-dealkylation sites (tertiary alicyclic amines) is 1. The van der Waals surface area contributed by atoms with E-state index in [4.69, 9.17) is 4.74 Å². The van der Waals surface area contributed by atoms with Crippen molar-refractivity contribution in [3.63, 3.8) is 0 Å². The van der Waals surface area contributed by atoms with Crippen molar-refractivity contribution in [3.8, 4) is 0 Å². The zero-order valence-electron chi connectivity index (χ0n) is 10.7. The fraction of sp³-hybridized carbons (Fsp3) is 1.00. The monoisotopic (exact) mass is 214 g/mol. The Morgan fingerprint density at radius 3 is 2.73 bits per heavy atom. The minimum Gasteiger partial charge on any atom is -0.380 e. The first-order valence-corrected chi connectivity index (χ1v) is 6.07. The minimum absolute atomic E-state index is 0.278. The van der Waals surface area contributed by atoms with Gasteiger partial charge in [-0.05, 0) is 26.7 Å². The largest absolute Gasteiger partial charge is 0.380 e. The van der Waals surface area contributed by atoms with Crippen LogP contribution < -0.4 is 5.32 Å². The Labute approximate surface area is 94.2 Å². The molecule has 0 radical (unpaired) electrons. The minimum atomic E-state index is 0.278. The highest BCUT2D eigenvalue weighted by atomic mass is 16.5. The van der Waals surface area contributed by atoms with Gasteiger partial charge in [0.2, 0.25) is 0 Å². The third kappa shape index (κ3) is 4.49. The van der Waals surface area contributed by atoms with Crippen molar-refractivity contribution >= 4 is 0 Å². The van der Waals surface area contributed by atoms with Crippen LogP contribution in [0.3, 0.4) is 0 Å². The van der Waals surface area contributed by atoms with Gasteiger partial charge in [-0.2, -0.15) is 0 Å². The van der Waals surface area contributed by atoms with Gasteiger partial charge in [0.15, 0.2) is 0 Å². The predicted molar refractivity (Wildman–Crippen MR) is 64.2 cm³/mol. The van der Waals surface area contributed by atoms with Crippen LogP contribution in [0.5, 0.6) is 0 Å². The summed E-state index contributed by atoms with van der Waals surface area (Å²) in [5, 5.41) is 3.59. The van der Waals surface area contributed by atoms with Crippen LogP contribution in [-0.2, 0) is 4.74 Å². The van der Waals surface area contributed by atoms with E-state index in [1.54, 1.807) is 0 Å². The summed E-state index contributed by atoms with van der Waals surface area (Å²) in [6, 6.07) is 0. The molecule has 1 saturated heterocycles. The highest BCUT2D eigenvalue weighted by Gasteiger charge is 2.22. The summed E-state index contributed by atoms with van der Waals surface area (Å²) < 4.78 is 5.35. The Balaban J connectivity index is 2.11. The molecule has 1 unspecified atom stereocenters. The predicted octanol–water partition coefficient (Wildman–Crippen LogP) is 1.49. The fourth-order valence-corrected chi connectivity index (χ4v) is 1.87. The van der Waals surface area contributed by atoms with Gasteiger partial charge in [-0.25, -0.2) is 0 Å². The zero-order valence-corrected chi connectivity index (χ0v) is 10.7. The van der Waals surface area contributed by atoms with E-state index in [0.717, 1.165) is 19.6 Å². The molecule has 3 nitrogen and oxygen atoms in total. The van der Waals surface area contributed by atoms with Gasteiger partial charge in [-0.15, -0.1) is 0 Å². The Morgan fingerprint density at radius 2 is 2.20 bits per heavy atom. The normalized spacial score (nSPS) is 23.6. The summed E-state index contributed by atoms with van der Waals surface area (Å²) in [6.45, 7) is 11.3. The summed E-state index contributed by atoms with van der Waals surface area (Å²) >= 11 is 0. The molecule has 1 rings (SSSR count). The number of rotatable bonds is 6. The van der Waals surface area contributed by atoms with Crippen molar-refractivity contribution in [2.24, 2.45) is 0 Å². The first kappa shape index (κ1) is 12.9. The summed E-state index contributed by atoms with van der Waals surface area (Å²) in [7, 11) is 1.81. The lowest BCUT2D eigenvalue weighted by atomic mass is 10.0. The second-order valence-electron chi connectivity index (χ2n) is 5.11. The van der Waals surface area contributed by atoms with E-state index in [-0.39, 0.29) is 5.54 Å². The molecule has 0 spiro atoms. The maximum absolute atomic E-state index is 5.35. The lowest BCUT2D eigenvalue weighted by Gasteiger charge is -2.26. The van der Waals surface area contributed by atoms with Crippen molar-refractivity contribution in [3.05, 3.63) is 0 Å². The van der Waals surface area contributed by atoms with Crippen LogP contribution in [0.1, 0.15) is 33.6 Å². The van der Waals surface area contributed by atoms with Gasteiger partial charge in [-0.1, -0.05) is 6.92 Å². The first-order valence-electron chi connectivity index (χ1n) is 6.07. The van der Waals surface area contributed by atoms with Gasteiger partial charge in [0.05, 0.1) is 6.10 Å². The summed E-state index contributed by atoms with van der Waals surface area (Å²) in [5.41, 5.74) is 0.278. The van der Waals surface area contributed by atoms with Gasteiger partial charge in [0.1, 0.15) is 0 Å². The third-order valence-corrected chi connectivity index (χ3v) is 3.48. The van der Waals surface area contributed by atoms with E-state index >= 15 is 0 Å². The van der Waals surface area contributed by atoms with Gasteiger partial charge in [-0.3, -0.25) is 4.90 Å². The second kappa shape index (κ2) is 5.83. The topological polar surface area (TPSA) is 24.5 Å². The highest BCUT2D eigenvalue weighted by Crippen LogP contribution is 2.11. The summed E-state index contributed by atoms with van der Waals surface area (Å²) in [6.07, 6.45) is 2.82. The lowest BCUT2D eigenvalue weighted by Crippen LogP contribution is -2.42. The molecule has 90 valence electrons. The van der Waals surface area contributed by atoms with E-state index in [9.17, 15) is 0 Å². The highest BCUT2D eigenvalue weighted by molar-refractivity contribution is 4.79. The second-order valence-corrected chi connectivity index (χ2v) is 5.11. The molecule has 0 aliphatic carbocycles. The molecule has 1 aliphatic heterocycles. The summed E-state index contributed by atoms with van der Waals surface area (Å²) in [4.78, 5) is 2.48. The standard InChI is InChI=1S/C12H26N2O/c1-5-12(2,3)13-7-9-14-8-6-11(10-14)15-4/h11,13H,5-10H2,1-4H3. The molecule has 0 saturated carbocycles. The van der Waals surface area contributed by atoms with Crippen LogP contribution in [-0.4, -0.2) is 49.8 Å². The number of hydrogen-bond acceptors (Lipinski definition) is 3. The molecule has 1 heterocycles. The van der Waals surface area contributed by atoms with Crippen LogP contribution in [0.25, 0.3) is 0 Å². The average molecular weight is 214 g/mol. The smallest absolute Gasteiger partial charge is 0.0710 e. The van der Waals surface area contributed by atoms with Crippen molar-refractivity contribution in [2.75, 3.05) is 33.3 Å². The maximum atomic E-state index is 5.35. The molecule has 0 aromatic carbocycles. The van der Waals surface area contributed by atoms with E-state index in [0.29, 0.717) is 6.10 Å². The molecule has 1 aliphatic rings. The van der Waals surface area contributed by atoms with Gasteiger partial charge in [0.25, 0.3) is 0 Å². The lowest BCUT2D eigenvalue weighted by molar-refractivity contribution is 0.108. The number of ether oxygens (including phenoxy) is 1. The van der Waals surface area contributed by atoms with Crippen LogP contribution in [0.2, 0.25) is 0 Å². The van der Waals surface area contributed by atoms with Crippen molar-refractivity contribution in [1.82, 2.24) is 10.2 Å². The van der Waals surface area contributed by atoms with Crippen LogP contribution in [0.4, 0.5) is 0 Å². The molecular weight excluding hydrogens is 188 g/mol. The third-order valence-electron chi connectivity index (χ3n) is 3.48. The van der Waals surface area contributed by atoms with Gasteiger partial charge in [0, 0.05) is 38.8 Å². The Kier molecular flexibility index (Phi) is 5.03. The molecule has 0 aromatic heterocycles. The van der Waals surface area contributed by atoms with Crippen molar-refractivity contribution in [1.29, 1.82) is 0 Å². The number of hydrogen-bond donors (Lipinski definition) is 1. The Morgan fingerprint density at radius 1 is 1.47 bits per heavy atom. The molecule has 0 amide bonds. The average Bonchev–Trinajstić information content (AvgIpc) is 2.66. The molecule has 1 N–H and O–H groups in total. The van der Waals surface area contributed by atoms with E-state index < -0.39 is 0 Å². The van der Waals surface area contributed by atoms with E-state index in [1.807, 2.05) is 7.11 Å². The molecular formula is C12H26N2O. The fourth-order valence-electron chi connectivity index (χ4n) is 1.87. The quantitative estimate of drug-likeness (QED) is 0.725. The summed E-state index contributed by atoms with van der Waals surface area (Å²) in [5.74, 6) is 0.